The third-order valence-corrected chi connectivity index (χ3v) is 4.57. The maximum atomic E-state index is 4.61. The van der Waals surface area contributed by atoms with Crippen LogP contribution >= 0.6 is 0 Å². The van der Waals surface area contributed by atoms with E-state index in [1.807, 2.05) is 18.3 Å². The van der Waals surface area contributed by atoms with Gasteiger partial charge >= 0.3 is 0 Å². The van der Waals surface area contributed by atoms with Gasteiger partial charge < -0.3 is 4.98 Å². The standard InChI is InChI=1S/C23H18N.Ir/c1-16-10-11-20(14-17(16)2)19-7-5-8-21(15-19)23-22-9-4-3-6-18(22)12-13-24-23;/h3-7,9-15H,1-2H3;/q-1;. The van der Waals surface area contributed by atoms with Gasteiger partial charge in [-0.25, -0.2) is 0 Å². The van der Waals surface area contributed by atoms with Crippen LogP contribution in [0, 0.1) is 19.9 Å². The van der Waals surface area contributed by atoms with Gasteiger partial charge in [0.05, 0.1) is 0 Å². The predicted octanol–water partition coefficient (Wildman–Crippen LogP) is 5.98. The van der Waals surface area contributed by atoms with E-state index in [9.17, 15) is 0 Å². The molecule has 0 aliphatic heterocycles. The number of rotatable bonds is 2. The topological polar surface area (TPSA) is 12.9 Å². The van der Waals surface area contributed by atoms with Gasteiger partial charge in [0.25, 0.3) is 0 Å². The van der Waals surface area contributed by atoms with Crippen LogP contribution in [0.2, 0.25) is 0 Å². The maximum absolute atomic E-state index is 4.61. The van der Waals surface area contributed by atoms with Gasteiger partial charge in [0.15, 0.2) is 0 Å². The van der Waals surface area contributed by atoms with Gasteiger partial charge in [0, 0.05) is 26.3 Å². The quantitative estimate of drug-likeness (QED) is 0.309. The number of aromatic nitrogens is 1. The molecule has 4 aromatic rings. The molecule has 0 N–H and O–H groups in total. The summed E-state index contributed by atoms with van der Waals surface area (Å²) < 4.78 is 0. The summed E-state index contributed by atoms with van der Waals surface area (Å²) in [6.45, 7) is 4.30. The third kappa shape index (κ3) is 3.42. The first-order valence-corrected chi connectivity index (χ1v) is 8.16. The monoisotopic (exact) mass is 501 g/mol. The van der Waals surface area contributed by atoms with Crippen molar-refractivity contribution in [3.63, 3.8) is 0 Å². The zero-order valence-electron chi connectivity index (χ0n) is 14.2. The number of aryl methyl sites for hydroxylation is 2. The molecule has 0 bridgehead atoms. The normalized spacial score (nSPS) is 10.5. The molecule has 0 atom stereocenters. The summed E-state index contributed by atoms with van der Waals surface area (Å²) in [4.78, 5) is 4.61. The molecule has 25 heavy (non-hydrogen) atoms. The minimum absolute atomic E-state index is 0. The Morgan fingerprint density at radius 1 is 0.800 bits per heavy atom. The summed E-state index contributed by atoms with van der Waals surface area (Å²) in [5.41, 5.74) is 7.07. The number of pyridine rings is 1. The summed E-state index contributed by atoms with van der Waals surface area (Å²) in [6, 6.07) is 26.6. The molecule has 0 fully saturated rings. The number of benzene rings is 3. The summed E-state index contributed by atoms with van der Waals surface area (Å²) >= 11 is 0. The molecule has 0 spiro atoms. The van der Waals surface area contributed by atoms with Gasteiger partial charge in [-0.1, -0.05) is 42.5 Å². The van der Waals surface area contributed by atoms with Crippen molar-refractivity contribution in [2.24, 2.45) is 0 Å². The van der Waals surface area contributed by atoms with E-state index < -0.39 is 0 Å². The molecular formula is C23H18IrN-. The number of nitrogens with zero attached hydrogens (tertiary/aromatic N) is 1. The molecule has 1 aromatic heterocycles. The Morgan fingerprint density at radius 3 is 2.44 bits per heavy atom. The number of hydrogen-bond donors (Lipinski definition) is 0. The molecule has 0 saturated carbocycles. The van der Waals surface area contributed by atoms with E-state index >= 15 is 0 Å². The van der Waals surface area contributed by atoms with Crippen molar-refractivity contribution in [1.82, 2.24) is 4.98 Å². The van der Waals surface area contributed by atoms with Crippen LogP contribution < -0.4 is 0 Å². The molecule has 4 rings (SSSR count). The van der Waals surface area contributed by atoms with Crippen LogP contribution in [0.5, 0.6) is 0 Å². The summed E-state index contributed by atoms with van der Waals surface area (Å²) in [5.74, 6) is 0. The minimum atomic E-state index is 0. The van der Waals surface area contributed by atoms with E-state index in [-0.39, 0.29) is 20.1 Å². The minimum Gasteiger partial charge on any atom is -0.304 e. The Kier molecular flexibility index (Phi) is 5.13. The third-order valence-electron chi connectivity index (χ3n) is 4.57. The van der Waals surface area contributed by atoms with E-state index in [4.69, 9.17) is 0 Å². The average molecular weight is 501 g/mol. The molecular weight excluding hydrogens is 482 g/mol. The summed E-state index contributed by atoms with van der Waals surface area (Å²) in [5, 5.41) is 2.36. The molecule has 2 heteroatoms. The second-order valence-corrected chi connectivity index (χ2v) is 6.17. The fourth-order valence-corrected chi connectivity index (χ4v) is 3.04. The van der Waals surface area contributed by atoms with E-state index in [1.54, 1.807) is 0 Å². The van der Waals surface area contributed by atoms with Gasteiger partial charge in [-0.15, -0.1) is 35.4 Å². The smallest absolute Gasteiger partial charge is 0.0167 e. The zero-order valence-corrected chi connectivity index (χ0v) is 16.6. The Bertz CT molecular complexity index is 1030. The van der Waals surface area contributed by atoms with Gasteiger partial charge in [-0.3, -0.25) is 0 Å². The molecule has 1 heterocycles. The molecule has 1 radical (unpaired) electrons. The first-order chi connectivity index (χ1) is 11.7. The van der Waals surface area contributed by atoms with Gasteiger partial charge in [-0.2, -0.15) is 0 Å². The van der Waals surface area contributed by atoms with Crippen molar-refractivity contribution < 1.29 is 20.1 Å². The Balaban J connectivity index is 0.00000182. The molecule has 0 saturated heterocycles. The summed E-state index contributed by atoms with van der Waals surface area (Å²) in [6.07, 6.45) is 1.87. The number of hydrogen-bond acceptors (Lipinski definition) is 1. The SMILES string of the molecule is Cc1ccc(-c2cc[c-]c(-c3nccc4ccccc34)c2)cc1C.[Ir]. The van der Waals surface area contributed by atoms with Crippen LogP contribution in [0.1, 0.15) is 11.1 Å². The fourth-order valence-electron chi connectivity index (χ4n) is 3.04. The van der Waals surface area contributed by atoms with E-state index in [1.165, 1.54) is 27.6 Å². The molecule has 0 aliphatic rings. The second-order valence-electron chi connectivity index (χ2n) is 6.17. The van der Waals surface area contributed by atoms with Crippen molar-refractivity contribution in [1.29, 1.82) is 0 Å². The van der Waals surface area contributed by atoms with Crippen LogP contribution in [0.3, 0.4) is 0 Å². The van der Waals surface area contributed by atoms with E-state index in [0.29, 0.717) is 0 Å². The summed E-state index contributed by atoms with van der Waals surface area (Å²) in [7, 11) is 0. The number of fused-ring (bicyclic) bond motifs is 1. The Morgan fingerprint density at radius 2 is 1.60 bits per heavy atom. The van der Waals surface area contributed by atoms with Crippen molar-refractivity contribution in [2.45, 2.75) is 13.8 Å². The molecule has 125 valence electrons. The predicted molar refractivity (Wildman–Crippen MR) is 101 cm³/mol. The largest absolute Gasteiger partial charge is 0.304 e. The van der Waals surface area contributed by atoms with Crippen LogP contribution in [0.25, 0.3) is 33.2 Å². The van der Waals surface area contributed by atoms with E-state index in [2.05, 4.69) is 79.5 Å². The van der Waals surface area contributed by atoms with Crippen molar-refractivity contribution in [3.05, 3.63) is 90.1 Å². The Hall–Kier alpha value is -2.28. The molecule has 0 amide bonds. The van der Waals surface area contributed by atoms with Crippen LogP contribution in [-0.2, 0) is 20.1 Å². The van der Waals surface area contributed by atoms with Crippen LogP contribution in [0.4, 0.5) is 0 Å². The second kappa shape index (κ2) is 7.31. The van der Waals surface area contributed by atoms with Crippen molar-refractivity contribution in [2.75, 3.05) is 0 Å². The molecule has 3 aromatic carbocycles. The molecule has 0 unspecified atom stereocenters. The maximum Gasteiger partial charge on any atom is 0.0167 e. The van der Waals surface area contributed by atoms with Gasteiger partial charge in [0.1, 0.15) is 0 Å². The zero-order chi connectivity index (χ0) is 16.5. The van der Waals surface area contributed by atoms with Crippen LogP contribution in [-0.4, -0.2) is 4.98 Å². The molecule has 1 nitrogen and oxygen atoms in total. The van der Waals surface area contributed by atoms with Crippen molar-refractivity contribution in [3.8, 4) is 22.4 Å². The average Bonchev–Trinajstić information content (AvgIpc) is 2.63. The van der Waals surface area contributed by atoms with E-state index in [0.717, 1.165) is 16.6 Å². The first-order valence-electron chi connectivity index (χ1n) is 8.16. The van der Waals surface area contributed by atoms with Gasteiger partial charge in [0.2, 0.25) is 0 Å². The Labute approximate surface area is 162 Å². The van der Waals surface area contributed by atoms with Gasteiger partial charge in [-0.05, 0) is 53.1 Å². The fraction of sp³-hybridized carbons (Fsp3) is 0.0870. The first kappa shape index (κ1) is 17.5. The molecule has 0 aliphatic carbocycles. The van der Waals surface area contributed by atoms with Crippen LogP contribution in [0.15, 0.2) is 72.9 Å². The van der Waals surface area contributed by atoms with Crippen molar-refractivity contribution >= 4 is 10.8 Å².